The predicted molar refractivity (Wildman–Crippen MR) is 81.1 cm³/mol. The van der Waals surface area contributed by atoms with E-state index in [-0.39, 0.29) is 0 Å². The van der Waals surface area contributed by atoms with Gasteiger partial charge in [-0.05, 0) is 53.1 Å². The Labute approximate surface area is 128 Å². The highest BCUT2D eigenvalue weighted by atomic mass is 32.2. The van der Waals surface area contributed by atoms with Gasteiger partial charge in [-0.1, -0.05) is 38.0 Å². The summed E-state index contributed by atoms with van der Waals surface area (Å²) in [5.74, 6) is 0. The van der Waals surface area contributed by atoms with E-state index >= 15 is 0 Å². The number of hydrogen-bond donors (Lipinski definition) is 1. The summed E-state index contributed by atoms with van der Waals surface area (Å²) in [6.07, 6.45) is 5.06. The molecule has 0 amide bonds. The van der Waals surface area contributed by atoms with Crippen molar-refractivity contribution in [1.82, 2.24) is 20.2 Å². The first-order valence-corrected chi connectivity index (χ1v) is 8.34. The summed E-state index contributed by atoms with van der Waals surface area (Å²) in [5.41, 5.74) is 0.950. The molecule has 0 bridgehead atoms. The van der Waals surface area contributed by atoms with Crippen molar-refractivity contribution in [3.8, 4) is 0 Å². The van der Waals surface area contributed by atoms with Gasteiger partial charge in [0.05, 0.1) is 12.1 Å². The van der Waals surface area contributed by atoms with E-state index in [0.29, 0.717) is 12.5 Å². The van der Waals surface area contributed by atoms with Crippen molar-refractivity contribution >= 4 is 11.8 Å². The van der Waals surface area contributed by atoms with Crippen molar-refractivity contribution in [2.45, 2.75) is 61.2 Å². The summed E-state index contributed by atoms with van der Waals surface area (Å²) < 4.78 is 1.95. The van der Waals surface area contributed by atoms with Gasteiger partial charge in [-0.3, -0.25) is 0 Å². The highest BCUT2D eigenvalue weighted by Gasteiger charge is 2.22. The van der Waals surface area contributed by atoms with Crippen LogP contribution in [0, 0.1) is 0 Å². The minimum atomic E-state index is -0.440. The lowest BCUT2D eigenvalue weighted by Gasteiger charge is -2.14. The second-order valence-electron chi connectivity index (χ2n) is 5.41. The van der Waals surface area contributed by atoms with E-state index in [0.717, 1.165) is 28.5 Å². The minimum Gasteiger partial charge on any atom is -0.388 e. The summed E-state index contributed by atoms with van der Waals surface area (Å²) in [7, 11) is 0. The molecule has 0 aliphatic heterocycles. The fraction of sp³-hybridized carbons (Fsp3) is 0.533. The molecule has 5 nitrogen and oxygen atoms in total. The lowest BCUT2D eigenvalue weighted by atomic mass is 10.1. The van der Waals surface area contributed by atoms with E-state index in [9.17, 15) is 5.11 Å². The van der Waals surface area contributed by atoms with Gasteiger partial charge in [0.1, 0.15) is 0 Å². The number of nitrogens with zero attached hydrogens (tertiary/aromatic N) is 4. The smallest absolute Gasteiger partial charge is 0.214 e. The molecule has 0 spiro atoms. The van der Waals surface area contributed by atoms with Crippen LogP contribution in [-0.4, -0.2) is 25.3 Å². The van der Waals surface area contributed by atoms with Crippen LogP contribution in [0.2, 0.25) is 0 Å². The molecule has 1 heterocycles. The molecule has 3 rings (SSSR count). The zero-order chi connectivity index (χ0) is 14.7. The third-order valence-corrected chi connectivity index (χ3v) is 5.04. The van der Waals surface area contributed by atoms with E-state index in [1.54, 1.807) is 11.8 Å². The largest absolute Gasteiger partial charge is 0.388 e. The van der Waals surface area contributed by atoms with Crippen molar-refractivity contribution in [3.63, 3.8) is 0 Å². The topological polar surface area (TPSA) is 63.8 Å². The maximum absolute atomic E-state index is 10.1. The molecule has 1 aromatic carbocycles. The number of aliphatic hydroxyl groups excluding tert-OH is 1. The zero-order valence-corrected chi connectivity index (χ0v) is 13.0. The van der Waals surface area contributed by atoms with E-state index in [4.69, 9.17) is 0 Å². The lowest BCUT2D eigenvalue weighted by molar-refractivity contribution is 0.171. The quantitative estimate of drug-likeness (QED) is 0.917. The van der Waals surface area contributed by atoms with E-state index in [1.165, 1.54) is 12.8 Å². The number of tetrazole rings is 1. The average Bonchev–Trinajstić information content (AvgIpc) is 3.17. The molecule has 0 saturated heterocycles. The molecular formula is C15H20N4OS. The second-order valence-corrected chi connectivity index (χ2v) is 6.42. The summed E-state index contributed by atoms with van der Waals surface area (Å²) in [6, 6.07) is 8.36. The van der Waals surface area contributed by atoms with Crippen molar-refractivity contribution in [3.05, 3.63) is 29.8 Å². The lowest BCUT2D eigenvalue weighted by Crippen LogP contribution is -2.08. The standard InChI is InChI=1S/C15H20N4OS/c1-2-13(20)12-9-5-6-10-14(12)21-15-16-17-18-19(15)11-7-3-4-8-11/h5-6,9-11,13,20H,2-4,7-8H2,1H3/t13-/m1/s1. The van der Waals surface area contributed by atoms with Crippen LogP contribution >= 0.6 is 11.8 Å². The van der Waals surface area contributed by atoms with Gasteiger partial charge >= 0.3 is 0 Å². The van der Waals surface area contributed by atoms with Gasteiger partial charge in [-0.25, -0.2) is 4.68 Å². The molecule has 1 fully saturated rings. The molecule has 1 aliphatic rings. The van der Waals surface area contributed by atoms with Crippen molar-refractivity contribution in [1.29, 1.82) is 0 Å². The number of hydrogen-bond acceptors (Lipinski definition) is 5. The van der Waals surface area contributed by atoms with Crippen molar-refractivity contribution in [2.75, 3.05) is 0 Å². The second kappa shape index (κ2) is 6.58. The van der Waals surface area contributed by atoms with Crippen LogP contribution < -0.4 is 0 Å². The third-order valence-electron chi connectivity index (χ3n) is 4.00. The molecule has 2 aromatic rings. The number of aromatic nitrogens is 4. The summed E-state index contributed by atoms with van der Waals surface area (Å²) in [6.45, 7) is 1.98. The van der Waals surface area contributed by atoms with Crippen molar-refractivity contribution in [2.24, 2.45) is 0 Å². The number of benzene rings is 1. The highest BCUT2D eigenvalue weighted by molar-refractivity contribution is 7.99. The number of aliphatic hydroxyl groups is 1. The Hall–Kier alpha value is -1.40. The maximum atomic E-state index is 10.1. The fourth-order valence-corrected chi connectivity index (χ4v) is 3.82. The molecule has 1 N–H and O–H groups in total. The molecule has 112 valence electrons. The van der Waals surface area contributed by atoms with Crippen LogP contribution in [-0.2, 0) is 0 Å². The van der Waals surface area contributed by atoms with Gasteiger partial charge in [-0.2, -0.15) is 0 Å². The van der Waals surface area contributed by atoms with Crippen LogP contribution in [0.1, 0.15) is 56.7 Å². The van der Waals surface area contributed by atoms with Gasteiger partial charge in [0.15, 0.2) is 0 Å². The van der Waals surface area contributed by atoms with Crippen molar-refractivity contribution < 1.29 is 5.11 Å². The molecule has 0 unspecified atom stereocenters. The Balaban J connectivity index is 1.86. The normalized spacial score (nSPS) is 17.2. The van der Waals surface area contributed by atoms with Crippen LogP contribution in [0.4, 0.5) is 0 Å². The Morgan fingerprint density at radius 1 is 1.33 bits per heavy atom. The Morgan fingerprint density at radius 2 is 2.10 bits per heavy atom. The molecule has 0 radical (unpaired) electrons. The molecule has 1 aromatic heterocycles. The van der Waals surface area contributed by atoms with Gasteiger partial charge in [0.2, 0.25) is 5.16 Å². The van der Waals surface area contributed by atoms with Gasteiger partial charge in [-0.15, -0.1) is 5.10 Å². The molecule has 1 atom stereocenters. The predicted octanol–water partition coefficient (Wildman–Crippen LogP) is 3.38. The first kappa shape index (κ1) is 14.5. The first-order chi connectivity index (χ1) is 10.3. The summed E-state index contributed by atoms with van der Waals surface area (Å²) >= 11 is 1.54. The molecule has 6 heteroatoms. The maximum Gasteiger partial charge on any atom is 0.214 e. The Kier molecular flexibility index (Phi) is 4.55. The van der Waals surface area contributed by atoms with E-state index < -0.39 is 6.10 Å². The zero-order valence-electron chi connectivity index (χ0n) is 12.1. The molecule has 1 aliphatic carbocycles. The van der Waals surface area contributed by atoms with E-state index in [2.05, 4.69) is 15.5 Å². The van der Waals surface area contributed by atoms with Gasteiger partial charge < -0.3 is 5.11 Å². The minimum absolute atomic E-state index is 0.422. The first-order valence-electron chi connectivity index (χ1n) is 7.52. The van der Waals surface area contributed by atoms with Crippen LogP contribution in [0.25, 0.3) is 0 Å². The molecular weight excluding hydrogens is 284 g/mol. The van der Waals surface area contributed by atoms with Gasteiger partial charge in [0.25, 0.3) is 0 Å². The Bertz CT molecular complexity index is 595. The van der Waals surface area contributed by atoms with Gasteiger partial charge in [0, 0.05) is 4.90 Å². The van der Waals surface area contributed by atoms with Crippen LogP contribution in [0.3, 0.4) is 0 Å². The fourth-order valence-electron chi connectivity index (χ4n) is 2.80. The summed E-state index contributed by atoms with van der Waals surface area (Å²) in [5, 5.41) is 23.1. The highest BCUT2D eigenvalue weighted by Crippen LogP contribution is 2.36. The molecule has 21 heavy (non-hydrogen) atoms. The van der Waals surface area contributed by atoms with Crippen LogP contribution in [0.15, 0.2) is 34.3 Å². The Morgan fingerprint density at radius 3 is 2.86 bits per heavy atom. The average molecular weight is 304 g/mol. The number of rotatable bonds is 5. The monoisotopic (exact) mass is 304 g/mol. The third kappa shape index (κ3) is 3.11. The summed E-state index contributed by atoms with van der Waals surface area (Å²) in [4.78, 5) is 1.03. The van der Waals surface area contributed by atoms with Crippen LogP contribution in [0.5, 0.6) is 0 Å². The molecule has 1 saturated carbocycles. The SMILES string of the molecule is CC[C@@H](O)c1ccccc1Sc1nnnn1C1CCCC1. The van der Waals surface area contributed by atoms with E-state index in [1.807, 2.05) is 35.9 Å².